The van der Waals surface area contributed by atoms with E-state index < -0.39 is 0 Å². The first-order valence-corrected chi connectivity index (χ1v) is 8.17. The zero-order chi connectivity index (χ0) is 15.2. The van der Waals surface area contributed by atoms with Crippen molar-refractivity contribution in [3.63, 3.8) is 0 Å². The smallest absolute Gasteiger partial charge is 0.101 e. The van der Waals surface area contributed by atoms with E-state index in [0.29, 0.717) is 12.0 Å². The van der Waals surface area contributed by atoms with Crippen molar-refractivity contribution < 1.29 is 0 Å². The van der Waals surface area contributed by atoms with Crippen molar-refractivity contribution >= 4 is 5.69 Å². The van der Waals surface area contributed by atoms with E-state index in [0.717, 1.165) is 37.3 Å². The van der Waals surface area contributed by atoms with Crippen molar-refractivity contribution in [3.8, 4) is 6.07 Å². The van der Waals surface area contributed by atoms with Gasteiger partial charge in [-0.25, -0.2) is 0 Å². The summed E-state index contributed by atoms with van der Waals surface area (Å²) in [5, 5.41) is 12.9. The Balaban J connectivity index is 2.18. The number of benzene rings is 1. The first-order chi connectivity index (χ1) is 10.2. The van der Waals surface area contributed by atoms with E-state index >= 15 is 0 Å². The molecule has 114 valence electrons. The number of nitrogens with one attached hydrogen (secondary N) is 1. The zero-order valence-corrected chi connectivity index (χ0v) is 13.5. The lowest BCUT2D eigenvalue weighted by molar-refractivity contribution is 0.363. The van der Waals surface area contributed by atoms with Gasteiger partial charge in [0.05, 0.1) is 11.3 Å². The maximum atomic E-state index is 9.50. The van der Waals surface area contributed by atoms with Crippen LogP contribution in [0.1, 0.15) is 51.2 Å². The zero-order valence-electron chi connectivity index (χ0n) is 13.5. The molecule has 1 aromatic rings. The summed E-state index contributed by atoms with van der Waals surface area (Å²) in [7, 11) is 0. The number of rotatable bonds is 5. The Morgan fingerprint density at radius 2 is 2.19 bits per heavy atom. The van der Waals surface area contributed by atoms with Gasteiger partial charge in [-0.15, -0.1) is 0 Å². The van der Waals surface area contributed by atoms with Crippen molar-refractivity contribution in [1.82, 2.24) is 5.32 Å². The summed E-state index contributed by atoms with van der Waals surface area (Å²) >= 11 is 0. The van der Waals surface area contributed by atoms with Crippen LogP contribution in [0.3, 0.4) is 0 Å². The average molecular weight is 285 g/mol. The third kappa shape index (κ3) is 3.77. The normalized spacial score (nSPS) is 22.1. The van der Waals surface area contributed by atoms with Gasteiger partial charge < -0.3 is 10.2 Å². The molecule has 3 nitrogen and oxygen atoms in total. The van der Waals surface area contributed by atoms with Gasteiger partial charge in [-0.05, 0) is 56.3 Å². The highest BCUT2D eigenvalue weighted by atomic mass is 15.2. The van der Waals surface area contributed by atoms with Crippen LogP contribution in [-0.2, 0) is 6.54 Å². The quantitative estimate of drug-likeness (QED) is 0.839. The van der Waals surface area contributed by atoms with Crippen LogP contribution in [0.4, 0.5) is 5.69 Å². The Labute approximate surface area is 129 Å². The minimum atomic E-state index is 0.509. The molecule has 1 aromatic carbocycles. The fourth-order valence-electron chi connectivity index (χ4n) is 3.12. The second-order valence-corrected chi connectivity index (χ2v) is 6.19. The van der Waals surface area contributed by atoms with Crippen molar-refractivity contribution in [2.24, 2.45) is 5.92 Å². The Kier molecular flexibility index (Phi) is 5.64. The molecule has 3 heteroatoms. The fourth-order valence-corrected chi connectivity index (χ4v) is 3.12. The monoisotopic (exact) mass is 285 g/mol. The summed E-state index contributed by atoms with van der Waals surface area (Å²) in [6.45, 7) is 9.68. The molecule has 2 unspecified atom stereocenters. The maximum Gasteiger partial charge on any atom is 0.101 e. The number of anilines is 1. The number of nitrogens with zero attached hydrogens (tertiary/aromatic N) is 2. The minimum Gasteiger partial charge on any atom is -0.367 e. The predicted molar refractivity (Wildman–Crippen MR) is 88.4 cm³/mol. The van der Waals surface area contributed by atoms with E-state index in [4.69, 9.17) is 0 Å². The number of hydrogen-bond acceptors (Lipinski definition) is 3. The molecule has 0 spiro atoms. The van der Waals surface area contributed by atoms with Crippen LogP contribution in [-0.4, -0.2) is 19.1 Å². The SMILES string of the molecule is CCCNCc1ccc(N2CCCC(C)C2C)c(C#N)c1. The largest absolute Gasteiger partial charge is 0.367 e. The van der Waals surface area contributed by atoms with E-state index in [9.17, 15) is 5.26 Å². The van der Waals surface area contributed by atoms with Gasteiger partial charge in [0.25, 0.3) is 0 Å². The summed E-state index contributed by atoms with van der Waals surface area (Å²) in [4.78, 5) is 2.41. The summed E-state index contributed by atoms with van der Waals surface area (Å²) in [6, 6.07) is 9.24. The van der Waals surface area contributed by atoms with E-state index in [2.05, 4.69) is 49.2 Å². The minimum absolute atomic E-state index is 0.509. The second-order valence-electron chi connectivity index (χ2n) is 6.19. The van der Waals surface area contributed by atoms with Crippen molar-refractivity contribution in [2.45, 2.75) is 52.6 Å². The van der Waals surface area contributed by atoms with E-state index in [1.165, 1.54) is 18.4 Å². The van der Waals surface area contributed by atoms with Crippen LogP contribution in [0.25, 0.3) is 0 Å². The molecule has 1 aliphatic heterocycles. The summed E-state index contributed by atoms with van der Waals surface area (Å²) < 4.78 is 0. The van der Waals surface area contributed by atoms with E-state index in [-0.39, 0.29) is 0 Å². The van der Waals surface area contributed by atoms with Crippen molar-refractivity contribution in [3.05, 3.63) is 29.3 Å². The molecule has 1 heterocycles. The summed E-state index contributed by atoms with van der Waals surface area (Å²) in [5.41, 5.74) is 3.11. The van der Waals surface area contributed by atoms with E-state index in [1.54, 1.807) is 0 Å². The number of hydrogen-bond donors (Lipinski definition) is 1. The van der Waals surface area contributed by atoms with Crippen molar-refractivity contribution in [2.75, 3.05) is 18.0 Å². The molecule has 0 amide bonds. The molecular formula is C18H27N3. The van der Waals surface area contributed by atoms with Gasteiger partial charge in [0.1, 0.15) is 6.07 Å². The maximum absolute atomic E-state index is 9.50. The lowest BCUT2D eigenvalue weighted by Crippen LogP contribution is -2.42. The molecule has 2 rings (SSSR count). The van der Waals surface area contributed by atoms with Gasteiger partial charge in [-0.1, -0.05) is 19.9 Å². The molecule has 0 saturated carbocycles. The molecule has 2 atom stereocenters. The Hall–Kier alpha value is -1.53. The van der Waals surface area contributed by atoms with Gasteiger partial charge in [0.2, 0.25) is 0 Å². The first kappa shape index (κ1) is 15.9. The van der Waals surface area contributed by atoms with Gasteiger partial charge in [0, 0.05) is 19.1 Å². The molecule has 0 aromatic heterocycles. The first-order valence-electron chi connectivity index (χ1n) is 8.17. The third-order valence-electron chi connectivity index (χ3n) is 4.62. The third-order valence-corrected chi connectivity index (χ3v) is 4.62. The van der Waals surface area contributed by atoms with Gasteiger partial charge >= 0.3 is 0 Å². The average Bonchev–Trinajstić information content (AvgIpc) is 2.50. The summed E-state index contributed by atoms with van der Waals surface area (Å²) in [6.07, 6.45) is 3.64. The lowest BCUT2D eigenvalue weighted by Gasteiger charge is -2.40. The van der Waals surface area contributed by atoms with Gasteiger partial charge in [-0.2, -0.15) is 5.26 Å². The molecule has 0 bridgehead atoms. The number of nitriles is 1. The Morgan fingerprint density at radius 3 is 2.90 bits per heavy atom. The molecular weight excluding hydrogens is 258 g/mol. The van der Waals surface area contributed by atoms with Crippen LogP contribution in [0.2, 0.25) is 0 Å². The van der Waals surface area contributed by atoms with Crippen LogP contribution in [0.5, 0.6) is 0 Å². The molecule has 1 N–H and O–H groups in total. The molecule has 0 radical (unpaired) electrons. The predicted octanol–water partition coefficient (Wildman–Crippen LogP) is 3.68. The molecule has 21 heavy (non-hydrogen) atoms. The van der Waals surface area contributed by atoms with Crippen LogP contribution in [0.15, 0.2) is 18.2 Å². The van der Waals surface area contributed by atoms with Crippen LogP contribution >= 0.6 is 0 Å². The molecule has 0 aliphatic carbocycles. The highest BCUT2D eigenvalue weighted by Gasteiger charge is 2.26. The van der Waals surface area contributed by atoms with Crippen LogP contribution in [0, 0.1) is 17.2 Å². The highest BCUT2D eigenvalue weighted by molar-refractivity contribution is 5.61. The van der Waals surface area contributed by atoms with Gasteiger partial charge in [-0.3, -0.25) is 0 Å². The van der Waals surface area contributed by atoms with E-state index in [1.807, 2.05) is 6.07 Å². The Bertz CT molecular complexity index is 504. The summed E-state index contributed by atoms with van der Waals surface area (Å²) in [5.74, 6) is 0.691. The molecule has 1 saturated heterocycles. The fraction of sp³-hybridized carbons (Fsp3) is 0.611. The topological polar surface area (TPSA) is 39.1 Å². The lowest BCUT2D eigenvalue weighted by atomic mass is 9.91. The highest BCUT2D eigenvalue weighted by Crippen LogP contribution is 2.31. The second kappa shape index (κ2) is 7.47. The van der Waals surface area contributed by atoms with Crippen molar-refractivity contribution in [1.29, 1.82) is 5.26 Å². The number of piperidine rings is 1. The standard InChI is InChI=1S/C18H27N3/c1-4-9-20-13-16-7-8-18(17(11-16)12-19)21-10-5-6-14(2)15(21)3/h7-8,11,14-15,20H,4-6,9-10,13H2,1-3H3. The Morgan fingerprint density at radius 1 is 1.38 bits per heavy atom. The van der Waals surface area contributed by atoms with Crippen LogP contribution < -0.4 is 10.2 Å². The molecule has 1 fully saturated rings. The molecule has 1 aliphatic rings. The van der Waals surface area contributed by atoms with Gasteiger partial charge in [0.15, 0.2) is 0 Å².